The van der Waals surface area contributed by atoms with Gasteiger partial charge in [0.05, 0.1) is 12.3 Å². The molecule has 0 unspecified atom stereocenters. The van der Waals surface area contributed by atoms with E-state index in [-0.39, 0.29) is 12.3 Å². The van der Waals surface area contributed by atoms with Crippen LogP contribution in [0.4, 0.5) is 4.79 Å². The van der Waals surface area contributed by atoms with Gasteiger partial charge in [-0.05, 0) is 19.1 Å². The molecule has 0 aliphatic carbocycles. The second kappa shape index (κ2) is 4.40. The van der Waals surface area contributed by atoms with Crippen molar-refractivity contribution >= 4 is 12.0 Å². The maximum Gasteiger partial charge on any atom is 0.360 e. The van der Waals surface area contributed by atoms with E-state index in [4.69, 9.17) is 10.5 Å². The molecule has 1 aromatic heterocycles. The van der Waals surface area contributed by atoms with Crippen molar-refractivity contribution < 1.29 is 14.3 Å². The maximum absolute atomic E-state index is 11.3. The van der Waals surface area contributed by atoms with Crippen molar-refractivity contribution in [1.82, 2.24) is 15.1 Å². The molecule has 8 heteroatoms. The Bertz CT molecular complexity index is 386. The molecular weight excluding hydrogens is 202 g/mol. The third-order valence-electron chi connectivity index (χ3n) is 1.58. The molecule has 82 valence electrons. The van der Waals surface area contributed by atoms with E-state index >= 15 is 0 Å². The first-order chi connectivity index (χ1) is 7.06. The van der Waals surface area contributed by atoms with Crippen molar-refractivity contribution in [3.63, 3.8) is 0 Å². The number of urea groups is 1. The van der Waals surface area contributed by atoms with Crippen LogP contribution in [0.15, 0.2) is 0 Å². The fraction of sp³-hybridized carbons (Fsp3) is 0.429. The molecule has 0 spiro atoms. The second-order valence-electron chi connectivity index (χ2n) is 2.63. The molecule has 0 radical (unpaired) electrons. The first kappa shape index (κ1) is 11.0. The number of amides is 2. The molecule has 0 aliphatic rings. The van der Waals surface area contributed by atoms with Crippen molar-refractivity contribution in [2.24, 2.45) is 5.73 Å². The minimum absolute atomic E-state index is 0.0469. The molecule has 0 aliphatic heterocycles. The Balaban J connectivity index is 2.88. The van der Waals surface area contributed by atoms with E-state index in [0.29, 0.717) is 5.69 Å². The van der Waals surface area contributed by atoms with Crippen molar-refractivity contribution in [1.29, 1.82) is 0 Å². The standard InChI is InChI=1S/C7H11N5O3/c1-3-15-6(13)5-4(2)12(11-9-5)10-7(8)14/h3H2,1-2H3,(H3,8,10,14). The van der Waals surface area contributed by atoms with Crippen LogP contribution in [0.2, 0.25) is 0 Å². The number of carbonyl (C=O) groups is 2. The number of primary amides is 1. The van der Waals surface area contributed by atoms with Crippen LogP contribution in [0.1, 0.15) is 23.1 Å². The summed E-state index contributed by atoms with van der Waals surface area (Å²) in [5.41, 5.74) is 7.45. The Hall–Kier alpha value is -2.12. The minimum Gasteiger partial charge on any atom is -0.461 e. The van der Waals surface area contributed by atoms with Gasteiger partial charge in [0.1, 0.15) is 0 Å². The van der Waals surface area contributed by atoms with Crippen LogP contribution in [-0.2, 0) is 4.74 Å². The first-order valence-corrected chi connectivity index (χ1v) is 4.22. The van der Waals surface area contributed by atoms with E-state index in [1.165, 1.54) is 0 Å². The van der Waals surface area contributed by atoms with Crippen molar-refractivity contribution in [3.05, 3.63) is 11.4 Å². The van der Waals surface area contributed by atoms with Crippen LogP contribution in [0, 0.1) is 6.92 Å². The zero-order valence-electron chi connectivity index (χ0n) is 8.35. The van der Waals surface area contributed by atoms with Crippen LogP contribution in [0.5, 0.6) is 0 Å². The lowest BCUT2D eigenvalue weighted by Crippen LogP contribution is -2.30. The Morgan fingerprint density at radius 3 is 2.80 bits per heavy atom. The van der Waals surface area contributed by atoms with Gasteiger partial charge in [-0.15, -0.1) is 5.10 Å². The summed E-state index contributed by atoms with van der Waals surface area (Å²) >= 11 is 0. The number of hydrogen-bond acceptors (Lipinski definition) is 5. The number of ether oxygens (including phenoxy) is 1. The smallest absolute Gasteiger partial charge is 0.360 e. The lowest BCUT2D eigenvalue weighted by atomic mass is 10.3. The SMILES string of the molecule is CCOC(=O)c1nnn(NC(N)=O)c1C. The summed E-state index contributed by atoms with van der Waals surface area (Å²) in [6.07, 6.45) is 0. The predicted octanol–water partition coefficient (Wildman–Crippen LogP) is -0.615. The highest BCUT2D eigenvalue weighted by Crippen LogP contribution is 2.03. The van der Waals surface area contributed by atoms with E-state index in [1.54, 1.807) is 13.8 Å². The summed E-state index contributed by atoms with van der Waals surface area (Å²) in [5, 5.41) is 7.07. The highest BCUT2D eigenvalue weighted by atomic mass is 16.5. The number of aromatic nitrogens is 3. The molecule has 1 heterocycles. The maximum atomic E-state index is 11.3. The van der Waals surface area contributed by atoms with E-state index < -0.39 is 12.0 Å². The fourth-order valence-electron chi connectivity index (χ4n) is 0.928. The Labute approximate surface area is 85.3 Å². The topological polar surface area (TPSA) is 112 Å². The average molecular weight is 213 g/mol. The molecule has 0 bridgehead atoms. The number of carbonyl (C=O) groups excluding carboxylic acids is 2. The van der Waals surface area contributed by atoms with Crippen LogP contribution in [0.25, 0.3) is 0 Å². The van der Waals surface area contributed by atoms with Gasteiger partial charge >= 0.3 is 12.0 Å². The number of nitrogens with one attached hydrogen (secondary N) is 1. The molecule has 1 rings (SSSR count). The molecule has 2 amide bonds. The van der Waals surface area contributed by atoms with Gasteiger partial charge in [-0.1, -0.05) is 0 Å². The predicted molar refractivity (Wildman–Crippen MR) is 49.7 cm³/mol. The zero-order chi connectivity index (χ0) is 11.4. The van der Waals surface area contributed by atoms with Crippen LogP contribution in [0.3, 0.4) is 0 Å². The fourth-order valence-corrected chi connectivity index (χ4v) is 0.928. The lowest BCUT2D eigenvalue weighted by molar-refractivity contribution is 0.0518. The molecule has 0 fully saturated rings. The summed E-state index contributed by atoms with van der Waals surface area (Å²) in [5.74, 6) is -0.590. The summed E-state index contributed by atoms with van der Waals surface area (Å²) in [4.78, 5) is 22.8. The van der Waals surface area contributed by atoms with Gasteiger partial charge in [0, 0.05) is 0 Å². The molecular formula is C7H11N5O3. The number of nitrogens with zero attached hydrogens (tertiary/aromatic N) is 3. The van der Waals surface area contributed by atoms with E-state index in [0.717, 1.165) is 4.79 Å². The molecule has 0 atom stereocenters. The summed E-state index contributed by atoms with van der Waals surface area (Å²) in [7, 11) is 0. The first-order valence-electron chi connectivity index (χ1n) is 4.22. The number of rotatable bonds is 3. The lowest BCUT2D eigenvalue weighted by Gasteiger charge is -2.02. The van der Waals surface area contributed by atoms with Crippen molar-refractivity contribution in [2.75, 3.05) is 12.0 Å². The number of hydrogen-bond donors (Lipinski definition) is 2. The van der Waals surface area contributed by atoms with E-state index in [9.17, 15) is 9.59 Å². The molecule has 3 N–H and O–H groups in total. The zero-order valence-corrected chi connectivity index (χ0v) is 8.35. The van der Waals surface area contributed by atoms with Gasteiger partial charge in [0.15, 0.2) is 5.69 Å². The molecule has 0 aromatic carbocycles. The Morgan fingerprint density at radius 1 is 1.60 bits per heavy atom. The molecule has 0 saturated carbocycles. The highest BCUT2D eigenvalue weighted by molar-refractivity contribution is 5.88. The van der Waals surface area contributed by atoms with Crippen LogP contribution < -0.4 is 11.2 Å². The molecule has 8 nitrogen and oxygen atoms in total. The average Bonchev–Trinajstić information content (AvgIpc) is 2.48. The van der Waals surface area contributed by atoms with Gasteiger partial charge in [-0.3, -0.25) is 0 Å². The van der Waals surface area contributed by atoms with Crippen LogP contribution >= 0.6 is 0 Å². The van der Waals surface area contributed by atoms with Gasteiger partial charge in [0.25, 0.3) is 0 Å². The van der Waals surface area contributed by atoms with Crippen molar-refractivity contribution in [3.8, 4) is 0 Å². The Kier molecular flexibility index (Phi) is 3.21. The van der Waals surface area contributed by atoms with Crippen LogP contribution in [-0.4, -0.2) is 33.7 Å². The minimum atomic E-state index is -0.793. The van der Waals surface area contributed by atoms with Crippen molar-refractivity contribution in [2.45, 2.75) is 13.8 Å². The largest absolute Gasteiger partial charge is 0.461 e. The van der Waals surface area contributed by atoms with E-state index in [1.807, 2.05) is 0 Å². The monoisotopic (exact) mass is 213 g/mol. The molecule has 0 saturated heterocycles. The number of esters is 1. The summed E-state index contributed by atoms with van der Waals surface area (Å²) in [6.45, 7) is 3.48. The second-order valence-corrected chi connectivity index (χ2v) is 2.63. The third kappa shape index (κ3) is 2.42. The van der Waals surface area contributed by atoms with Gasteiger partial charge < -0.3 is 10.5 Å². The molecule has 1 aromatic rings. The normalized spacial score (nSPS) is 9.73. The number of nitrogens with two attached hydrogens (primary N) is 1. The quantitative estimate of drug-likeness (QED) is 0.650. The van der Waals surface area contributed by atoms with Gasteiger partial charge in [-0.25, -0.2) is 15.0 Å². The molecule has 15 heavy (non-hydrogen) atoms. The highest BCUT2D eigenvalue weighted by Gasteiger charge is 2.17. The van der Waals surface area contributed by atoms with Gasteiger partial charge in [0.2, 0.25) is 0 Å². The summed E-state index contributed by atoms with van der Waals surface area (Å²) < 4.78 is 4.73. The van der Waals surface area contributed by atoms with Gasteiger partial charge in [-0.2, -0.15) is 4.79 Å². The summed E-state index contributed by atoms with van der Waals surface area (Å²) in [6, 6.07) is -0.793. The Morgan fingerprint density at radius 2 is 2.27 bits per heavy atom. The van der Waals surface area contributed by atoms with E-state index in [2.05, 4.69) is 15.7 Å². The third-order valence-corrected chi connectivity index (χ3v) is 1.58.